The van der Waals surface area contributed by atoms with Crippen LogP contribution >= 0.6 is 0 Å². The minimum Gasteiger partial charge on any atom is -0.0717 e. The fourth-order valence-corrected chi connectivity index (χ4v) is 4.60. The first-order valence-corrected chi connectivity index (χ1v) is 9.46. The predicted octanol–water partition coefficient (Wildman–Crippen LogP) is 5.39. The minimum absolute atomic E-state index is 0.534. The lowest BCUT2D eigenvalue weighted by molar-refractivity contribution is 1.25. The van der Waals surface area contributed by atoms with Crippen LogP contribution in [0.4, 0.5) is 0 Å². The van der Waals surface area contributed by atoms with E-state index in [9.17, 15) is 0 Å². The monoisotopic (exact) mass is 332 g/mol. The lowest BCUT2D eigenvalue weighted by Gasteiger charge is -2.26. The molecule has 0 bridgehead atoms. The predicted molar refractivity (Wildman–Crippen MR) is 113 cm³/mol. The Bertz CT molecular complexity index is 1080. The molecule has 0 saturated carbocycles. The molecule has 0 radical (unpaired) electrons. The second-order valence-electron chi connectivity index (χ2n) is 7.44. The van der Waals surface area contributed by atoms with Gasteiger partial charge in [-0.05, 0) is 58.2 Å². The number of aryl methyl sites for hydroxylation is 1. The van der Waals surface area contributed by atoms with Crippen molar-refractivity contribution in [3.05, 3.63) is 102 Å². The zero-order chi connectivity index (χ0) is 17.5. The van der Waals surface area contributed by atoms with E-state index in [-0.39, 0.29) is 0 Å². The molecule has 1 heterocycles. The maximum absolute atomic E-state index is 2.35. The van der Waals surface area contributed by atoms with E-state index in [2.05, 4.69) is 91.9 Å². The number of rotatable bonds is 2. The summed E-state index contributed by atoms with van der Waals surface area (Å²) in [6, 6.07) is 31.2. The van der Waals surface area contributed by atoms with Crippen molar-refractivity contribution in [2.75, 3.05) is 0 Å². The van der Waals surface area contributed by atoms with Crippen molar-refractivity contribution < 1.29 is 0 Å². The van der Waals surface area contributed by atoms with Gasteiger partial charge in [0.25, 0.3) is 0 Å². The Morgan fingerprint density at radius 1 is 0.654 bits per heavy atom. The van der Waals surface area contributed by atoms with Crippen molar-refractivity contribution in [3.63, 3.8) is 0 Å². The summed E-state index contributed by atoms with van der Waals surface area (Å²) in [7, 11) is 0. The molecule has 4 aromatic carbocycles. The second kappa shape index (κ2) is 6.18. The molecule has 0 aromatic heterocycles. The van der Waals surface area contributed by atoms with Crippen molar-refractivity contribution >= 4 is 22.9 Å². The molecule has 0 aliphatic carbocycles. The van der Waals surface area contributed by atoms with Gasteiger partial charge in [0.1, 0.15) is 0 Å². The van der Waals surface area contributed by atoms with Gasteiger partial charge >= 0.3 is 0 Å². The zero-order valence-corrected chi connectivity index (χ0v) is 15.1. The van der Waals surface area contributed by atoms with Gasteiger partial charge in [-0.15, -0.1) is 0 Å². The van der Waals surface area contributed by atoms with Crippen molar-refractivity contribution in [2.45, 2.75) is 19.6 Å². The Balaban J connectivity index is 1.63. The van der Waals surface area contributed by atoms with Crippen LogP contribution in [0.2, 0.25) is 0 Å². The van der Waals surface area contributed by atoms with Crippen LogP contribution in [0.15, 0.2) is 84.9 Å². The molecule has 26 heavy (non-hydrogen) atoms. The van der Waals surface area contributed by atoms with Gasteiger partial charge in [0, 0.05) is 0 Å². The maximum Gasteiger partial charge on any atom is 0.185 e. The summed E-state index contributed by atoms with van der Waals surface area (Å²) in [5, 5.41) is 2.93. The first-order chi connectivity index (χ1) is 12.8. The molecule has 0 N–H and O–H groups in total. The van der Waals surface area contributed by atoms with Gasteiger partial charge in [-0.3, -0.25) is 0 Å². The lowest BCUT2D eigenvalue weighted by atomic mass is 9.36. The van der Waals surface area contributed by atoms with E-state index >= 15 is 0 Å². The molecule has 1 aliphatic rings. The summed E-state index contributed by atoms with van der Waals surface area (Å²) in [5.74, 6) is 0. The third kappa shape index (κ3) is 2.47. The van der Waals surface area contributed by atoms with E-state index in [0.29, 0.717) is 6.71 Å². The van der Waals surface area contributed by atoms with Crippen molar-refractivity contribution in [3.8, 4) is 11.1 Å². The average molecular weight is 332 g/mol. The summed E-state index contributed by atoms with van der Waals surface area (Å²) >= 11 is 0. The minimum atomic E-state index is 0.534. The first kappa shape index (κ1) is 15.5. The van der Waals surface area contributed by atoms with Crippen LogP contribution in [0.3, 0.4) is 0 Å². The standard InChI is InChI=1S/C25H21B/c1-18-14-15-21-17-26(16-20-10-7-12-22(18)25(20)21)24-13-6-5-11-23(24)19-8-3-2-4-9-19/h2-15H,16-17H2,1H3. The molecule has 0 fully saturated rings. The Kier molecular flexibility index (Phi) is 3.67. The highest BCUT2D eigenvalue weighted by Gasteiger charge is 2.27. The van der Waals surface area contributed by atoms with Crippen LogP contribution < -0.4 is 5.46 Å². The normalized spacial score (nSPS) is 13.2. The van der Waals surface area contributed by atoms with Crippen LogP contribution in [0.1, 0.15) is 16.7 Å². The second-order valence-corrected chi connectivity index (χ2v) is 7.44. The van der Waals surface area contributed by atoms with Gasteiger partial charge in [-0.2, -0.15) is 0 Å². The summed E-state index contributed by atoms with van der Waals surface area (Å²) in [6.07, 6.45) is 2.25. The molecule has 0 unspecified atom stereocenters. The third-order valence-corrected chi connectivity index (χ3v) is 5.85. The molecule has 0 atom stereocenters. The van der Waals surface area contributed by atoms with Crippen molar-refractivity contribution in [1.82, 2.24) is 0 Å². The summed E-state index contributed by atoms with van der Waals surface area (Å²) in [5.41, 5.74) is 8.55. The van der Waals surface area contributed by atoms with Crippen LogP contribution in [0.5, 0.6) is 0 Å². The van der Waals surface area contributed by atoms with E-state index in [0.717, 1.165) is 12.6 Å². The van der Waals surface area contributed by atoms with E-state index in [1.54, 1.807) is 0 Å². The van der Waals surface area contributed by atoms with Gasteiger partial charge < -0.3 is 0 Å². The molecular formula is C25H21B. The van der Waals surface area contributed by atoms with Crippen LogP contribution in [0, 0.1) is 6.92 Å². The Morgan fingerprint density at radius 3 is 2.23 bits per heavy atom. The fraction of sp³-hybridized carbons (Fsp3) is 0.120. The van der Waals surface area contributed by atoms with Crippen molar-refractivity contribution in [1.29, 1.82) is 0 Å². The summed E-state index contributed by atoms with van der Waals surface area (Å²) < 4.78 is 0. The summed E-state index contributed by atoms with van der Waals surface area (Å²) in [4.78, 5) is 0. The number of hydrogen-bond acceptors (Lipinski definition) is 0. The van der Waals surface area contributed by atoms with Crippen molar-refractivity contribution in [2.24, 2.45) is 0 Å². The van der Waals surface area contributed by atoms with Gasteiger partial charge in [-0.25, -0.2) is 0 Å². The first-order valence-electron chi connectivity index (χ1n) is 9.46. The maximum atomic E-state index is 2.35. The molecule has 5 rings (SSSR count). The fourth-order valence-electron chi connectivity index (χ4n) is 4.60. The van der Waals surface area contributed by atoms with Crippen LogP contribution in [-0.4, -0.2) is 6.71 Å². The molecule has 124 valence electrons. The van der Waals surface area contributed by atoms with Gasteiger partial charge in [0.2, 0.25) is 0 Å². The highest BCUT2D eigenvalue weighted by atomic mass is 14.2. The molecule has 0 nitrogen and oxygen atoms in total. The Hall–Kier alpha value is -2.80. The Labute approximate surface area is 155 Å². The van der Waals surface area contributed by atoms with E-state index < -0.39 is 0 Å². The van der Waals surface area contributed by atoms with E-state index in [1.807, 2.05) is 0 Å². The number of benzene rings is 4. The highest BCUT2D eigenvalue weighted by Crippen LogP contribution is 2.32. The average Bonchev–Trinajstić information content (AvgIpc) is 2.71. The number of hydrogen-bond donors (Lipinski definition) is 0. The topological polar surface area (TPSA) is 0 Å². The lowest BCUT2D eigenvalue weighted by Crippen LogP contribution is -2.39. The van der Waals surface area contributed by atoms with E-state index in [4.69, 9.17) is 0 Å². The van der Waals surface area contributed by atoms with Gasteiger partial charge in [0.05, 0.1) is 0 Å². The third-order valence-electron chi connectivity index (χ3n) is 5.85. The smallest absolute Gasteiger partial charge is 0.0717 e. The van der Waals surface area contributed by atoms with Crippen LogP contribution in [0.25, 0.3) is 21.9 Å². The van der Waals surface area contributed by atoms with E-state index in [1.165, 1.54) is 44.1 Å². The molecule has 0 amide bonds. The quantitative estimate of drug-likeness (QED) is 0.432. The molecule has 0 saturated heterocycles. The molecular weight excluding hydrogens is 311 g/mol. The van der Waals surface area contributed by atoms with Gasteiger partial charge in [-0.1, -0.05) is 90.4 Å². The molecule has 4 aromatic rings. The Morgan fingerprint density at radius 2 is 1.38 bits per heavy atom. The molecule has 1 heteroatoms. The molecule has 0 spiro atoms. The highest BCUT2D eigenvalue weighted by molar-refractivity contribution is 6.74. The summed E-state index contributed by atoms with van der Waals surface area (Å²) in [6.45, 7) is 2.76. The van der Waals surface area contributed by atoms with Gasteiger partial charge in [0.15, 0.2) is 6.71 Å². The SMILES string of the molecule is Cc1ccc2c3c(cccc13)CB(c1ccccc1-c1ccccc1)C2. The zero-order valence-electron chi connectivity index (χ0n) is 15.1. The largest absolute Gasteiger partial charge is 0.185 e. The van der Waals surface area contributed by atoms with Crippen LogP contribution in [-0.2, 0) is 12.6 Å². The molecule has 1 aliphatic heterocycles.